The van der Waals surface area contributed by atoms with E-state index in [-0.39, 0.29) is 0 Å². The number of hydrogen-bond donors (Lipinski definition) is 2. The van der Waals surface area contributed by atoms with E-state index in [0.717, 1.165) is 5.56 Å². The van der Waals surface area contributed by atoms with Crippen molar-refractivity contribution >= 4 is 5.97 Å². The average Bonchev–Trinajstić information content (AvgIpc) is 2.26. The molecule has 1 aromatic carbocycles. The van der Waals surface area contributed by atoms with Crippen LogP contribution in [0, 0.1) is 6.92 Å². The third-order valence-electron chi connectivity index (χ3n) is 2.39. The van der Waals surface area contributed by atoms with Crippen LogP contribution in [0.5, 0.6) is 11.5 Å². The smallest absolute Gasteiger partial charge is 0.306 e. The van der Waals surface area contributed by atoms with E-state index in [2.05, 4.69) is 0 Å². The molecular weight excluding hydrogens is 224 g/mol. The summed E-state index contributed by atoms with van der Waals surface area (Å²) in [6.45, 7) is 1.86. The zero-order valence-corrected chi connectivity index (χ0v) is 10.1. The Bertz CT molecular complexity index is 388. The lowest BCUT2D eigenvalue weighted by molar-refractivity contribution is -0.139. The maximum atomic E-state index is 10.6. The first-order chi connectivity index (χ1) is 7.99. The lowest BCUT2D eigenvalue weighted by atomic mass is 10.0. The van der Waals surface area contributed by atoms with Crippen LogP contribution in [-0.2, 0) is 4.79 Å². The molecule has 0 amide bonds. The zero-order valence-electron chi connectivity index (χ0n) is 10.1. The number of aryl methyl sites for hydroxylation is 1. The van der Waals surface area contributed by atoms with Crippen LogP contribution >= 0.6 is 0 Å². The summed E-state index contributed by atoms with van der Waals surface area (Å²) < 4.78 is 10.3. The second-order valence-electron chi connectivity index (χ2n) is 3.70. The van der Waals surface area contributed by atoms with Gasteiger partial charge in [-0.3, -0.25) is 4.79 Å². The van der Waals surface area contributed by atoms with E-state index in [0.29, 0.717) is 17.1 Å². The topological polar surface area (TPSA) is 76.0 Å². The van der Waals surface area contributed by atoms with Gasteiger partial charge in [-0.25, -0.2) is 0 Å². The van der Waals surface area contributed by atoms with Crippen molar-refractivity contribution in [3.63, 3.8) is 0 Å². The van der Waals surface area contributed by atoms with Gasteiger partial charge < -0.3 is 19.7 Å². The van der Waals surface area contributed by atoms with Gasteiger partial charge in [-0.05, 0) is 24.6 Å². The zero-order chi connectivity index (χ0) is 13.0. The van der Waals surface area contributed by atoms with Crippen LogP contribution in [0.15, 0.2) is 12.1 Å². The molecule has 0 aliphatic rings. The number of methoxy groups -OCH3 is 2. The molecule has 1 aromatic rings. The monoisotopic (exact) mass is 240 g/mol. The number of carboxylic acids is 1. The Balaban J connectivity index is 3.23. The van der Waals surface area contributed by atoms with Crippen molar-refractivity contribution in [3.05, 3.63) is 23.3 Å². The largest absolute Gasteiger partial charge is 0.496 e. The van der Waals surface area contributed by atoms with Gasteiger partial charge in [-0.1, -0.05) is 0 Å². The van der Waals surface area contributed by atoms with Crippen molar-refractivity contribution in [1.82, 2.24) is 0 Å². The maximum Gasteiger partial charge on any atom is 0.306 e. The minimum atomic E-state index is -1.15. The van der Waals surface area contributed by atoms with Gasteiger partial charge in [0.2, 0.25) is 0 Å². The second kappa shape index (κ2) is 5.54. The molecule has 0 saturated carbocycles. The molecule has 0 spiro atoms. The van der Waals surface area contributed by atoms with Crippen LogP contribution in [0.3, 0.4) is 0 Å². The van der Waals surface area contributed by atoms with E-state index >= 15 is 0 Å². The Morgan fingerprint density at radius 1 is 1.29 bits per heavy atom. The molecule has 0 saturated heterocycles. The third kappa shape index (κ3) is 3.10. The van der Waals surface area contributed by atoms with Crippen LogP contribution in [0.2, 0.25) is 0 Å². The summed E-state index contributed by atoms with van der Waals surface area (Å²) in [7, 11) is 2.93. The molecule has 1 unspecified atom stereocenters. The number of benzene rings is 1. The van der Waals surface area contributed by atoms with Crippen LogP contribution in [0.1, 0.15) is 23.7 Å². The molecule has 0 radical (unpaired) electrons. The molecule has 0 fully saturated rings. The average molecular weight is 240 g/mol. The summed E-state index contributed by atoms with van der Waals surface area (Å²) in [4.78, 5) is 10.6. The lowest BCUT2D eigenvalue weighted by Gasteiger charge is -2.17. The number of carbonyl (C=O) groups is 1. The van der Waals surface area contributed by atoms with Crippen LogP contribution in [0.25, 0.3) is 0 Å². The Labute approximate surface area is 99.6 Å². The molecule has 17 heavy (non-hydrogen) atoms. The quantitative estimate of drug-likeness (QED) is 0.816. The van der Waals surface area contributed by atoms with Crippen LogP contribution in [0.4, 0.5) is 0 Å². The van der Waals surface area contributed by atoms with Crippen molar-refractivity contribution < 1.29 is 24.5 Å². The van der Waals surface area contributed by atoms with Crippen molar-refractivity contribution in [3.8, 4) is 11.5 Å². The molecule has 5 heteroatoms. The Kier molecular flexibility index (Phi) is 4.34. The summed E-state index contributed by atoms with van der Waals surface area (Å²) in [6.07, 6.45) is -1.55. The predicted molar refractivity (Wildman–Crippen MR) is 61.5 cm³/mol. The van der Waals surface area contributed by atoms with Crippen molar-refractivity contribution in [2.75, 3.05) is 14.2 Å². The van der Waals surface area contributed by atoms with Crippen molar-refractivity contribution in [2.45, 2.75) is 19.4 Å². The number of carboxylic acid groups (broad SMARTS) is 1. The molecule has 1 rings (SSSR count). The van der Waals surface area contributed by atoms with E-state index in [1.54, 1.807) is 12.1 Å². The number of aliphatic hydroxyl groups excluding tert-OH is 1. The molecule has 94 valence electrons. The minimum Gasteiger partial charge on any atom is -0.496 e. The molecule has 0 aromatic heterocycles. The van der Waals surface area contributed by atoms with Gasteiger partial charge >= 0.3 is 5.97 Å². The van der Waals surface area contributed by atoms with Crippen LogP contribution < -0.4 is 9.47 Å². The summed E-state index contributed by atoms with van der Waals surface area (Å²) in [5.41, 5.74) is 1.27. The fraction of sp³-hybridized carbons (Fsp3) is 0.417. The predicted octanol–water partition coefficient (Wildman–Crippen LogP) is 1.52. The molecule has 0 heterocycles. The van der Waals surface area contributed by atoms with Gasteiger partial charge in [-0.2, -0.15) is 0 Å². The Morgan fingerprint density at radius 3 is 2.12 bits per heavy atom. The van der Waals surface area contributed by atoms with E-state index in [4.69, 9.17) is 14.6 Å². The molecular formula is C12H16O5. The molecule has 0 aliphatic heterocycles. The van der Waals surface area contributed by atoms with Gasteiger partial charge in [0.05, 0.1) is 32.3 Å². The van der Waals surface area contributed by atoms with Crippen molar-refractivity contribution in [1.29, 1.82) is 0 Å². The highest BCUT2D eigenvalue weighted by molar-refractivity contribution is 5.68. The third-order valence-corrected chi connectivity index (χ3v) is 2.39. The normalized spacial score (nSPS) is 12.0. The number of rotatable bonds is 5. The lowest BCUT2D eigenvalue weighted by Crippen LogP contribution is -2.09. The highest BCUT2D eigenvalue weighted by Gasteiger charge is 2.21. The Morgan fingerprint density at radius 2 is 1.76 bits per heavy atom. The minimum absolute atomic E-state index is 0.364. The summed E-state index contributed by atoms with van der Waals surface area (Å²) >= 11 is 0. The first-order valence-electron chi connectivity index (χ1n) is 5.12. The summed E-state index contributed by atoms with van der Waals surface area (Å²) in [5, 5.41) is 18.6. The van der Waals surface area contributed by atoms with Gasteiger partial charge in [-0.15, -0.1) is 0 Å². The maximum absolute atomic E-state index is 10.6. The molecule has 2 N–H and O–H groups in total. The number of aliphatic hydroxyl groups is 1. The van der Waals surface area contributed by atoms with E-state index < -0.39 is 18.5 Å². The summed E-state index contributed by atoms with van der Waals surface area (Å²) in [6, 6.07) is 3.45. The highest BCUT2D eigenvalue weighted by atomic mass is 16.5. The first kappa shape index (κ1) is 13.3. The SMILES string of the molecule is COc1cc(C)cc(OC)c1C(O)CC(=O)O. The van der Waals surface area contributed by atoms with E-state index in [9.17, 15) is 9.90 Å². The molecule has 1 atom stereocenters. The first-order valence-corrected chi connectivity index (χ1v) is 5.12. The van der Waals surface area contributed by atoms with Gasteiger partial charge in [0.15, 0.2) is 0 Å². The molecule has 5 nitrogen and oxygen atoms in total. The molecule has 0 bridgehead atoms. The Hall–Kier alpha value is -1.75. The van der Waals surface area contributed by atoms with E-state index in [1.165, 1.54) is 14.2 Å². The second-order valence-corrected chi connectivity index (χ2v) is 3.70. The fourth-order valence-corrected chi connectivity index (χ4v) is 1.67. The standard InChI is InChI=1S/C12H16O5/c1-7-4-9(16-2)12(10(5-7)17-3)8(13)6-11(14)15/h4-5,8,13H,6H2,1-3H3,(H,14,15). The number of aliphatic carboxylic acids is 1. The number of ether oxygens (including phenoxy) is 2. The summed E-state index contributed by atoms with van der Waals surface area (Å²) in [5.74, 6) is -0.228. The highest BCUT2D eigenvalue weighted by Crippen LogP contribution is 2.36. The van der Waals surface area contributed by atoms with Gasteiger partial charge in [0, 0.05) is 0 Å². The van der Waals surface area contributed by atoms with Gasteiger partial charge in [0.1, 0.15) is 11.5 Å². The fourth-order valence-electron chi connectivity index (χ4n) is 1.67. The van der Waals surface area contributed by atoms with Crippen molar-refractivity contribution in [2.24, 2.45) is 0 Å². The van der Waals surface area contributed by atoms with Crippen LogP contribution in [-0.4, -0.2) is 30.4 Å². The van der Waals surface area contributed by atoms with E-state index in [1.807, 2.05) is 6.92 Å². The number of hydrogen-bond acceptors (Lipinski definition) is 4. The van der Waals surface area contributed by atoms with Gasteiger partial charge in [0.25, 0.3) is 0 Å². The molecule has 0 aliphatic carbocycles.